The minimum absolute atomic E-state index is 0.383. The first-order valence-electron chi connectivity index (χ1n) is 7.89. The molecule has 3 N–H and O–H groups in total. The Labute approximate surface area is 131 Å². The third-order valence-electron chi connectivity index (χ3n) is 3.60. The highest BCUT2D eigenvalue weighted by molar-refractivity contribution is 5.72. The molecule has 0 aliphatic carbocycles. The van der Waals surface area contributed by atoms with Crippen LogP contribution in [0.2, 0.25) is 0 Å². The minimum atomic E-state index is -1.02. The Balaban J connectivity index is 2.51. The number of aromatic nitrogens is 2. The lowest BCUT2D eigenvalue weighted by Gasteiger charge is -2.11. The molecule has 0 amide bonds. The first-order chi connectivity index (χ1) is 10.7. The fourth-order valence-corrected chi connectivity index (χ4v) is 2.33. The Morgan fingerprint density at radius 2 is 2.27 bits per heavy atom. The van der Waals surface area contributed by atoms with E-state index in [4.69, 9.17) is 11.0 Å². The van der Waals surface area contributed by atoms with Gasteiger partial charge in [-0.15, -0.1) is 0 Å². The van der Waals surface area contributed by atoms with Crippen LogP contribution < -0.4 is 5.90 Å². The molecule has 0 bridgehead atoms. The molecule has 6 nitrogen and oxygen atoms in total. The van der Waals surface area contributed by atoms with E-state index in [1.165, 1.54) is 24.8 Å². The summed E-state index contributed by atoms with van der Waals surface area (Å²) in [5.74, 6) is 3.98. The molecular formula is C16H27N3O3. The lowest BCUT2D eigenvalue weighted by atomic mass is 10.0. The molecule has 1 heterocycles. The molecule has 0 aliphatic heterocycles. The van der Waals surface area contributed by atoms with E-state index < -0.39 is 12.1 Å². The maximum atomic E-state index is 10.9. The van der Waals surface area contributed by atoms with Crippen LogP contribution in [0.15, 0.2) is 30.4 Å². The van der Waals surface area contributed by atoms with Crippen molar-refractivity contribution in [2.75, 3.05) is 0 Å². The average Bonchev–Trinajstić information content (AvgIpc) is 3.00. The van der Waals surface area contributed by atoms with E-state index >= 15 is 0 Å². The van der Waals surface area contributed by atoms with Crippen molar-refractivity contribution in [2.24, 2.45) is 5.90 Å². The van der Waals surface area contributed by atoms with Crippen molar-refractivity contribution >= 4 is 5.97 Å². The first kappa shape index (κ1) is 18.4. The van der Waals surface area contributed by atoms with E-state index in [1.807, 2.05) is 10.8 Å². The summed E-state index contributed by atoms with van der Waals surface area (Å²) in [6.45, 7) is 2.99. The zero-order valence-corrected chi connectivity index (χ0v) is 13.3. The van der Waals surface area contributed by atoms with Crippen molar-refractivity contribution in [1.82, 2.24) is 9.55 Å². The molecule has 124 valence electrons. The van der Waals surface area contributed by atoms with E-state index in [1.54, 1.807) is 12.5 Å². The first-order valence-corrected chi connectivity index (χ1v) is 7.89. The van der Waals surface area contributed by atoms with Crippen LogP contribution in [-0.4, -0.2) is 26.7 Å². The van der Waals surface area contributed by atoms with Crippen LogP contribution in [0.3, 0.4) is 0 Å². The number of aliphatic carboxylic acids is 1. The average molecular weight is 309 g/mol. The van der Waals surface area contributed by atoms with Gasteiger partial charge in [0.1, 0.15) is 0 Å². The largest absolute Gasteiger partial charge is 0.479 e. The summed E-state index contributed by atoms with van der Waals surface area (Å²) in [5, 5.41) is 8.91. The Morgan fingerprint density at radius 1 is 1.45 bits per heavy atom. The van der Waals surface area contributed by atoms with E-state index in [0.29, 0.717) is 12.8 Å². The van der Waals surface area contributed by atoms with Gasteiger partial charge in [0.05, 0.1) is 6.33 Å². The standard InChI is InChI=1S/C16H27N3O3/c1-2-3-4-5-7-14(12-19-11-10-18-13-19)8-6-9-15(22-17)16(20)21/h8,10-11,13,15H,2-7,9,12,17H2,1H3,(H,20,21)/b14-8-. The van der Waals surface area contributed by atoms with E-state index in [9.17, 15) is 4.79 Å². The number of rotatable bonds is 12. The van der Waals surface area contributed by atoms with Crippen LogP contribution in [0.1, 0.15) is 51.9 Å². The zero-order valence-electron chi connectivity index (χ0n) is 13.3. The second-order valence-electron chi connectivity index (χ2n) is 5.45. The van der Waals surface area contributed by atoms with Gasteiger partial charge in [0.2, 0.25) is 0 Å². The van der Waals surface area contributed by atoms with E-state index in [2.05, 4.69) is 22.8 Å². The molecule has 22 heavy (non-hydrogen) atoms. The maximum absolute atomic E-state index is 10.9. The van der Waals surface area contributed by atoms with Crippen LogP contribution in [0.4, 0.5) is 0 Å². The van der Waals surface area contributed by atoms with Gasteiger partial charge < -0.3 is 9.67 Å². The highest BCUT2D eigenvalue weighted by Gasteiger charge is 2.15. The zero-order chi connectivity index (χ0) is 16.2. The Hall–Kier alpha value is -1.66. The Morgan fingerprint density at radius 3 is 2.86 bits per heavy atom. The van der Waals surface area contributed by atoms with Crippen LogP contribution in [-0.2, 0) is 16.2 Å². The number of carboxylic acids is 1. The summed E-state index contributed by atoms with van der Waals surface area (Å²) in [4.78, 5) is 19.4. The summed E-state index contributed by atoms with van der Waals surface area (Å²) in [7, 11) is 0. The van der Waals surface area contributed by atoms with Crippen molar-refractivity contribution in [3.05, 3.63) is 30.4 Å². The van der Waals surface area contributed by atoms with Gasteiger partial charge in [-0.3, -0.25) is 4.84 Å². The monoisotopic (exact) mass is 309 g/mol. The lowest BCUT2D eigenvalue weighted by molar-refractivity contribution is -0.151. The van der Waals surface area contributed by atoms with E-state index in [-0.39, 0.29) is 0 Å². The summed E-state index contributed by atoms with van der Waals surface area (Å²) in [5.41, 5.74) is 1.30. The molecule has 0 aliphatic rings. The molecule has 1 atom stereocenters. The molecular weight excluding hydrogens is 282 g/mol. The van der Waals surface area contributed by atoms with Crippen molar-refractivity contribution < 1.29 is 14.7 Å². The number of carbonyl (C=O) groups is 1. The number of hydrogen-bond donors (Lipinski definition) is 2. The molecule has 0 radical (unpaired) electrons. The summed E-state index contributed by atoms with van der Waals surface area (Å²) >= 11 is 0. The molecule has 0 saturated heterocycles. The topological polar surface area (TPSA) is 90.4 Å². The molecule has 0 spiro atoms. The van der Waals surface area contributed by atoms with Gasteiger partial charge >= 0.3 is 5.97 Å². The van der Waals surface area contributed by atoms with Crippen molar-refractivity contribution in [2.45, 2.75) is 64.5 Å². The lowest BCUT2D eigenvalue weighted by Crippen LogP contribution is -2.26. The van der Waals surface area contributed by atoms with Crippen LogP contribution >= 0.6 is 0 Å². The highest BCUT2D eigenvalue weighted by atomic mass is 16.6. The summed E-state index contributed by atoms with van der Waals surface area (Å²) < 4.78 is 2.03. The van der Waals surface area contributed by atoms with Gasteiger partial charge in [-0.25, -0.2) is 15.7 Å². The molecule has 0 aromatic carbocycles. The van der Waals surface area contributed by atoms with Crippen molar-refractivity contribution in [1.29, 1.82) is 0 Å². The molecule has 1 unspecified atom stereocenters. The van der Waals surface area contributed by atoms with Crippen molar-refractivity contribution in [3.8, 4) is 0 Å². The predicted molar refractivity (Wildman–Crippen MR) is 85.0 cm³/mol. The number of hydrogen-bond acceptors (Lipinski definition) is 4. The van der Waals surface area contributed by atoms with Gasteiger partial charge in [0.25, 0.3) is 0 Å². The molecule has 0 fully saturated rings. The maximum Gasteiger partial charge on any atom is 0.334 e. The van der Waals surface area contributed by atoms with Gasteiger partial charge in [-0.2, -0.15) is 0 Å². The van der Waals surface area contributed by atoms with Gasteiger partial charge in [0.15, 0.2) is 6.10 Å². The third-order valence-corrected chi connectivity index (χ3v) is 3.60. The third kappa shape index (κ3) is 7.38. The quantitative estimate of drug-likeness (QED) is 0.352. The van der Waals surface area contributed by atoms with Crippen LogP contribution in [0.25, 0.3) is 0 Å². The molecule has 1 aromatic rings. The number of carboxylic acid groups (broad SMARTS) is 1. The van der Waals surface area contributed by atoms with Gasteiger partial charge in [-0.05, 0) is 25.7 Å². The van der Waals surface area contributed by atoms with Crippen LogP contribution in [0.5, 0.6) is 0 Å². The Bertz CT molecular complexity index is 443. The molecule has 0 saturated carbocycles. The molecule has 1 rings (SSSR count). The van der Waals surface area contributed by atoms with E-state index in [0.717, 1.165) is 19.4 Å². The number of allylic oxidation sites excluding steroid dienone is 2. The highest BCUT2D eigenvalue weighted by Crippen LogP contribution is 2.15. The molecule has 1 aromatic heterocycles. The minimum Gasteiger partial charge on any atom is -0.479 e. The number of nitrogens with zero attached hydrogens (tertiary/aromatic N) is 2. The summed E-state index contributed by atoms with van der Waals surface area (Å²) in [6, 6.07) is 0. The molecule has 6 heteroatoms. The SMILES string of the molecule is CCCCCC/C(=C/CCC(ON)C(=O)O)Cn1ccnc1. The number of imidazole rings is 1. The number of nitrogens with two attached hydrogens (primary N) is 1. The fourth-order valence-electron chi connectivity index (χ4n) is 2.33. The predicted octanol–water partition coefficient (Wildman–Crippen LogP) is 2.90. The van der Waals surface area contributed by atoms with Gasteiger partial charge in [0, 0.05) is 18.9 Å². The Kier molecular flexibility index (Phi) is 9.18. The van der Waals surface area contributed by atoms with Crippen molar-refractivity contribution in [3.63, 3.8) is 0 Å². The number of unbranched alkanes of at least 4 members (excludes halogenated alkanes) is 3. The van der Waals surface area contributed by atoms with Gasteiger partial charge in [-0.1, -0.05) is 37.8 Å². The second kappa shape index (κ2) is 11.0. The summed E-state index contributed by atoms with van der Waals surface area (Å²) in [6.07, 6.45) is 13.6. The smallest absolute Gasteiger partial charge is 0.334 e. The second-order valence-corrected chi connectivity index (χ2v) is 5.45. The fraction of sp³-hybridized carbons (Fsp3) is 0.625. The normalized spacial score (nSPS) is 13.3. The van der Waals surface area contributed by atoms with Crippen LogP contribution in [0, 0.1) is 0 Å².